The highest BCUT2D eigenvalue weighted by molar-refractivity contribution is 8.26. The number of hydrogen-bond donors (Lipinski definition) is 0. The molecule has 0 atom stereocenters. The summed E-state index contributed by atoms with van der Waals surface area (Å²) in [6.45, 7) is 0.405. The van der Waals surface area contributed by atoms with Crippen LogP contribution in [-0.4, -0.2) is 20.1 Å². The van der Waals surface area contributed by atoms with Crippen molar-refractivity contribution in [2.45, 2.75) is 6.54 Å². The molecule has 1 amide bonds. The summed E-state index contributed by atoms with van der Waals surface area (Å²) in [6, 6.07) is 19.3. The van der Waals surface area contributed by atoms with Gasteiger partial charge in [0.25, 0.3) is 11.6 Å². The van der Waals surface area contributed by atoms with Crippen molar-refractivity contribution in [1.29, 1.82) is 0 Å². The van der Waals surface area contributed by atoms with Crippen LogP contribution in [0, 0.1) is 10.1 Å². The van der Waals surface area contributed by atoms with Crippen LogP contribution in [0.4, 0.5) is 5.69 Å². The van der Waals surface area contributed by atoms with E-state index in [9.17, 15) is 14.9 Å². The van der Waals surface area contributed by atoms with Crippen LogP contribution in [0.15, 0.2) is 76.1 Å². The molecule has 3 aromatic rings. The van der Waals surface area contributed by atoms with Crippen LogP contribution < -0.4 is 0 Å². The van der Waals surface area contributed by atoms with Gasteiger partial charge in [-0.2, -0.15) is 0 Å². The highest BCUT2D eigenvalue weighted by Crippen LogP contribution is 2.35. The Kier molecular flexibility index (Phi) is 5.28. The van der Waals surface area contributed by atoms with E-state index in [1.54, 1.807) is 41.3 Å². The van der Waals surface area contributed by atoms with Crippen LogP contribution >= 0.6 is 24.0 Å². The first-order chi connectivity index (χ1) is 14.0. The predicted octanol–water partition coefficient (Wildman–Crippen LogP) is 5.26. The molecule has 0 aliphatic carbocycles. The first-order valence-electron chi connectivity index (χ1n) is 8.66. The lowest BCUT2D eigenvalue weighted by molar-refractivity contribution is -0.384. The summed E-state index contributed by atoms with van der Waals surface area (Å²) in [5, 5.41) is 11.2. The maximum absolute atomic E-state index is 12.8. The number of para-hydroxylation sites is 1. The lowest BCUT2D eigenvalue weighted by atomic mass is 10.1. The minimum atomic E-state index is -0.452. The SMILES string of the molecule is O=C1/C(=C\c2ccc(-c3ccccc3[N+](=O)[O-])o2)SC(=S)N1Cc1ccccc1. The Hall–Kier alpha value is -3.23. The molecule has 6 nitrogen and oxygen atoms in total. The molecular formula is C21H14N2O4S2. The van der Waals surface area contributed by atoms with Crippen molar-refractivity contribution in [2.75, 3.05) is 0 Å². The van der Waals surface area contributed by atoms with Crippen LogP contribution in [0.3, 0.4) is 0 Å². The first kappa shape index (κ1) is 19.1. The third-order valence-corrected chi connectivity index (χ3v) is 5.70. The lowest BCUT2D eigenvalue weighted by Crippen LogP contribution is -2.27. The van der Waals surface area contributed by atoms with Gasteiger partial charge in [0.05, 0.1) is 21.9 Å². The molecule has 2 aromatic carbocycles. The fourth-order valence-electron chi connectivity index (χ4n) is 2.95. The van der Waals surface area contributed by atoms with Crippen molar-refractivity contribution in [1.82, 2.24) is 4.90 Å². The number of carbonyl (C=O) groups is 1. The van der Waals surface area contributed by atoms with Gasteiger partial charge in [-0.15, -0.1) is 0 Å². The van der Waals surface area contributed by atoms with E-state index in [2.05, 4.69) is 0 Å². The molecular weight excluding hydrogens is 408 g/mol. The average molecular weight is 422 g/mol. The Balaban J connectivity index is 1.57. The molecule has 0 saturated carbocycles. The summed E-state index contributed by atoms with van der Waals surface area (Å²) >= 11 is 6.57. The maximum Gasteiger partial charge on any atom is 0.280 e. The topological polar surface area (TPSA) is 76.6 Å². The van der Waals surface area contributed by atoms with E-state index >= 15 is 0 Å². The molecule has 0 bridgehead atoms. The second-order valence-corrected chi connectivity index (χ2v) is 7.91. The zero-order valence-electron chi connectivity index (χ0n) is 15.0. The average Bonchev–Trinajstić information content (AvgIpc) is 3.29. The van der Waals surface area contributed by atoms with E-state index in [0.29, 0.717) is 32.9 Å². The number of carbonyl (C=O) groups excluding carboxylic acids is 1. The number of amides is 1. The lowest BCUT2D eigenvalue weighted by Gasteiger charge is -2.14. The molecule has 1 fully saturated rings. The number of hydrogen-bond acceptors (Lipinski definition) is 6. The number of nitro groups is 1. The molecule has 2 heterocycles. The summed E-state index contributed by atoms with van der Waals surface area (Å²) in [4.78, 5) is 25.5. The molecule has 1 aliphatic rings. The molecule has 0 radical (unpaired) electrons. The summed E-state index contributed by atoms with van der Waals surface area (Å²) in [5.41, 5.74) is 1.33. The molecule has 4 rings (SSSR count). The van der Waals surface area contributed by atoms with Crippen molar-refractivity contribution in [2.24, 2.45) is 0 Å². The predicted molar refractivity (Wildman–Crippen MR) is 116 cm³/mol. The van der Waals surface area contributed by atoms with Gasteiger partial charge in [0, 0.05) is 12.1 Å². The van der Waals surface area contributed by atoms with Gasteiger partial charge in [-0.3, -0.25) is 19.8 Å². The molecule has 1 aromatic heterocycles. The van der Waals surface area contributed by atoms with Crippen LogP contribution in [0.25, 0.3) is 17.4 Å². The number of furan rings is 1. The van der Waals surface area contributed by atoms with E-state index in [-0.39, 0.29) is 11.6 Å². The van der Waals surface area contributed by atoms with Crippen molar-refractivity contribution in [3.8, 4) is 11.3 Å². The van der Waals surface area contributed by atoms with Crippen LogP contribution in [0.5, 0.6) is 0 Å². The third-order valence-electron chi connectivity index (χ3n) is 4.32. The summed E-state index contributed by atoms with van der Waals surface area (Å²) < 4.78 is 6.23. The van der Waals surface area contributed by atoms with Crippen molar-refractivity contribution in [3.63, 3.8) is 0 Å². The van der Waals surface area contributed by atoms with Gasteiger partial charge >= 0.3 is 0 Å². The molecule has 144 valence electrons. The second-order valence-electron chi connectivity index (χ2n) is 6.23. The fourth-order valence-corrected chi connectivity index (χ4v) is 4.18. The zero-order chi connectivity index (χ0) is 20.4. The first-order valence-corrected chi connectivity index (χ1v) is 9.88. The standard InChI is InChI=1S/C21H14N2O4S2/c24-20-19(29-21(28)22(20)13-14-6-2-1-3-7-14)12-15-10-11-18(27-15)16-8-4-5-9-17(16)23(25)26/h1-12H,13H2/b19-12+. The summed E-state index contributed by atoms with van der Waals surface area (Å²) in [7, 11) is 0. The molecule has 0 unspecified atom stereocenters. The number of nitrogens with zero attached hydrogens (tertiary/aromatic N) is 2. The minimum absolute atomic E-state index is 0.0393. The van der Waals surface area contributed by atoms with E-state index in [1.165, 1.54) is 17.8 Å². The molecule has 0 N–H and O–H groups in total. The van der Waals surface area contributed by atoms with Gasteiger partial charge in [-0.25, -0.2) is 0 Å². The van der Waals surface area contributed by atoms with Gasteiger partial charge in [-0.1, -0.05) is 66.4 Å². The van der Waals surface area contributed by atoms with Crippen molar-refractivity contribution >= 4 is 46.0 Å². The number of rotatable bonds is 5. The van der Waals surface area contributed by atoms with Gasteiger partial charge < -0.3 is 4.42 Å². The van der Waals surface area contributed by atoms with Gasteiger partial charge in [0.1, 0.15) is 15.8 Å². The monoisotopic (exact) mass is 422 g/mol. The second kappa shape index (κ2) is 8.02. The molecule has 29 heavy (non-hydrogen) atoms. The molecule has 0 spiro atoms. The number of nitro benzene ring substituents is 1. The Labute approximate surface area is 176 Å². The number of benzene rings is 2. The van der Waals surface area contributed by atoms with Gasteiger partial charge in [-0.05, 0) is 23.8 Å². The van der Waals surface area contributed by atoms with Crippen LogP contribution in [-0.2, 0) is 11.3 Å². The Morgan fingerprint density at radius 3 is 2.55 bits per heavy atom. The summed E-state index contributed by atoms with van der Waals surface area (Å²) in [6.07, 6.45) is 1.61. The quantitative estimate of drug-likeness (QED) is 0.242. The molecule has 1 aliphatic heterocycles. The van der Waals surface area contributed by atoms with E-state index in [1.807, 2.05) is 30.3 Å². The Morgan fingerprint density at radius 2 is 1.79 bits per heavy atom. The number of thioether (sulfide) groups is 1. The molecule has 8 heteroatoms. The Morgan fingerprint density at radius 1 is 1.07 bits per heavy atom. The van der Waals surface area contributed by atoms with Gasteiger partial charge in [0.15, 0.2) is 0 Å². The van der Waals surface area contributed by atoms with Crippen LogP contribution in [0.2, 0.25) is 0 Å². The smallest absolute Gasteiger partial charge is 0.280 e. The maximum atomic E-state index is 12.8. The zero-order valence-corrected chi connectivity index (χ0v) is 16.6. The Bertz CT molecular complexity index is 1140. The fraction of sp³-hybridized carbons (Fsp3) is 0.0476. The van der Waals surface area contributed by atoms with E-state index < -0.39 is 4.92 Å². The van der Waals surface area contributed by atoms with E-state index in [0.717, 1.165) is 5.56 Å². The van der Waals surface area contributed by atoms with Crippen molar-refractivity contribution < 1.29 is 14.1 Å². The van der Waals surface area contributed by atoms with Gasteiger partial charge in [0.2, 0.25) is 0 Å². The minimum Gasteiger partial charge on any atom is -0.456 e. The molecule has 1 saturated heterocycles. The highest BCUT2D eigenvalue weighted by atomic mass is 32.2. The number of thiocarbonyl (C=S) groups is 1. The highest BCUT2D eigenvalue weighted by Gasteiger charge is 2.32. The third kappa shape index (κ3) is 3.98. The normalized spacial score (nSPS) is 15.3. The van der Waals surface area contributed by atoms with Crippen molar-refractivity contribution in [3.05, 3.63) is 93.1 Å². The van der Waals surface area contributed by atoms with E-state index in [4.69, 9.17) is 16.6 Å². The van der Waals surface area contributed by atoms with Crippen LogP contribution in [0.1, 0.15) is 11.3 Å². The summed E-state index contributed by atoms with van der Waals surface area (Å²) in [5.74, 6) is 0.606. The largest absolute Gasteiger partial charge is 0.456 e.